The minimum absolute atomic E-state index is 0.611. The Morgan fingerprint density at radius 3 is 2.48 bits per heavy atom. The largest absolute Gasteiger partial charge is 0.369 e. The molecule has 2 heteroatoms. The van der Waals surface area contributed by atoms with Crippen LogP contribution in [0.25, 0.3) is 0 Å². The molecule has 0 amide bonds. The molecule has 2 nitrogen and oxygen atoms in total. The molecule has 1 unspecified atom stereocenters. The van der Waals surface area contributed by atoms with Crippen molar-refractivity contribution in [1.82, 2.24) is 5.32 Å². The Balaban J connectivity index is 2.82. The molecule has 120 valence electrons. The number of hydrogen-bond acceptors (Lipinski definition) is 2. The first-order chi connectivity index (χ1) is 10.1. The summed E-state index contributed by atoms with van der Waals surface area (Å²) < 4.78 is 0. The van der Waals surface area contributed by atoms with E-state index in [-0.39, 0.29) is 0 Å². The van der Waals surface area contributed by atoms with Crippen LogP contribution >= 0.6 is 0 Å². The van der Waals surface area contributed by atoms with Gasteiger partial charge in [0, 0.05) is 24.8 Å². The number of benzene rings is 1. The molecule has 0 aliphatic carbocycles. The fourth-order valence-electron chi connectivity index (χ4n) is 2.61. The van der Waals surface area contributed by atoms with E-state index >= 15 is 0 Å². The summed E-state index contributed by atoms with van der Waals surface area (Å²) in [5.74, 6) is 0. The Bertz CT molecular complexity index is 401. The molecule has 0 saturated carbocycles. The molecule has 0 heterocycles. The first kappa shape index (κ1) is 18.0. The number of hydrogen-bond donors (Lipinski definition) is 1. The molecule has 0 spiro atoms. The Hall–Kier alpha value is -1.02. The van der Waals surface area contributed by atoms with E-state index in [1.54, 1.807) is 0 Å². The summed E-state index contributed by atoms with van der Waals surface area (Å²) in [6.45, 7) is 14.6. The number of nitrogens with zero attached hydrogens (tertiary/aromatic N) is 1. The molecule has 0 aliphatic rings. The third-order valence-corrected chi connectivity index (χ3v) is 4.28. The molecule has 1 rings (SSSR count). The summed E-state index contributed by atoms with van der Waals surface area (Å²) >= 11 is 0. The number of aryl methyl sites for hydroxylation is 1. The summed E-state index contributed by atoms with van der Waals surface area (Å²) in [6, 6.07) is 7.58. The van der Waals surface area contributed by atoms with Gasteiger partial charge in [-0.1, -0.05) is 33.3 Å². The Kier molecular flexibility index (Phi) is 8.44. The maximum Gasteiger partial charge on any atom is 0.0371 e. The summed E-state index contributed by atoms with van der Waals surface area (Å²) in [5, 5.41) is 3.50. The standard InChI is InChI=1S/C19H34N2/c1-6-9-13-21(17(5)8-3)19-11-10-18(16(4)14-19)15-20-12-7-2/h10-11,14,17,20H,6-9,12-13,15H2,1-5H3. The van der Waals surface area contributed by atoms with Crippen LogP contribution in [0, 0.1) is 6.92 Å². The van der Waals surface area contributed by atoms with Gasteiger partial charge in [0.2, 0.25) is 0 Å². The first-order valence-electron chi connectivity index (χ1n) is 8.70. The van der Waals surface area contributed by atoms with Crippen molar-refractivity contribution in [2.45, 2.75) is 72.9 Å². The van der Waals surface area contributed by atoms with Crippen LogP contribution in [0.15, 0.2) is 18.2 Å². The van der Waals surface area contributed by atoms with Crippen molar-refractivity contribution in [3.8, 4) is 0 Å². The quantitative estimate of drug-likeness (QED) is 0.617. The van der Waals surface area contributed by atoms with Gasteiger partial charge in [0.15, 0.2) is 0 Å². The van der Waals surface area contributed by atoms with Crippen LogP contribution in [0.4, 0.5) is 5.69 Å². The smallest absolute Gasteiger partial charge is 0.0371 e. The van der Waals surface area contributed by atoms with Crippen molar-refractivity contribution in [2.24, 2.45) is 0 Å². The topological polar surface area (TPSA) is 15.3 Å². The predicted octanol–water partition coefficient (Wildman–Crippen LogP) is 4.90. The maximum absolute atomic E-state index is 3.50. The summed E-state index contributed by atoms with van der Waals surface area (Å²) in [5.41, 5.74) is 4.21. The lowest BCUT2D eigenvalue weighted by Gasteiger charge is -2.31. The van der Waals surface area contributed by atoms with Crippen LogP contribution in [0.5, 0.6) is 0 Å². The zero-order valence-corrected chi connectivity index (χ0v) is 14.7. The van der Waals surface area contributed by atoms with E-state index in [4.69, 9.17) is 0 Å². The Labute approximate surface area is 131 Å². The fourth-order valence-corrected chi connectivity index (χ4v) is 2.61. The first-order valence-corrected chi connectivity index (χ1v) is 8.70. The predicted molar refractivity (Wildman–Crippen MR) is 95.2 cm³/mol. The summed E-state index contributed by atoms with van der Waals surface area (Å²) in [7, 11) is 0. The van der Waals surface area contributed by atoms with Gasteiger partial charge in [-0.3, -0.25) is 0 Å². The van der Waals surface area contributed by atoms with Crippen molar-refractivity contribution in [1.29, 1.82) is 0 Å². The highest BCUT2D eigenvalue weighted by Gasteiger charge is 2.13. The van der Waals surface area contributed by atoms with Crippen LogP contribution in [-0.2, 0) is 6.54 Å². The molecular weight excluding hydrogens is 256 g/mol. The molecule has 1 atom stereocenters. The van der Waals surface area contributed by atoms with Crippen molar-refractivity contribution < 1.29 is 0 Å². The van der Waals surface area contributed by atoms with Crippen molar-refractivity contribution in [3.05, 3.63) is 29.3 Å². The molecule has 0 radical (unpaired) electrons. The lowest BCUT2D eigenvalue weighted by Crippen LogP contribution is -2.33. The molecule has 1 aromatic rings. The van der Waals surface area contributed by atoms with Gasteiger partial charge in [0.1, 0.15) is 0 Å². The average molecular weight is 290 g/mol. The van der Waals surface area contributed by atoms with Gasteiger partial charge in [0.25, 0.3) is 0 Å². The molecule has 1 aromatic carbocycles. The molecule has 0 saturated heterocycles. The second-order valence-corrected chi connectivity index (χ2v) is 6.09. The van der Waals surface area contributed by atoms with Gasteiger partial charge >= 0.3 is 0 Å². The molecule has 0 fully saturated rings. The van der Waals surface area contributed by atoms with Crippen LogP contribution in [0.1, 0.15) is 64.5 Å². The number of unbranched alkanes of at least 4 members (excludes halogenated alkanes) is 1. The van der Waals surface area contributed by atoms with E-state index in [1.165, 1.54) is 49.0 Å². The van der Waals surface area contributed by atoms with E-state index in [2.05, 4.69) is 63.0 Å². The number of anilines is 1. The number of nitrogens with one attached hydrogen (secondary N) is 1. The average Bonchev–Trinajstić information content (AvgIpc) is 2.49. The Morgan fingerprint density at radius 2 is 1.90 bits per heavy atom. The van der Waals surface area contributed by atoms with Crippen LogP contribution in [-0.4, -0.2) is 19.1 Å². The summed E-state index contributed by atoms with van der Waals surface area (Å²) in [6.07, 6.45) is 4.91. The van der Waals surface area contributed by atoms with E-state index in [0.29, 0.717) is 6.04 Å². The molecule has 0 aromatic heterocycles. The lowest BCUT2D eigenvalue weighted by molar-refractivity contribution is 0.595. The van der Waals surface area contributed by atoms with E-state index in [0.717, 1.165) is 13.1 Å². The van der Waals surface area contributed by atoms with Gasteiger partial charge in [0.05, 0.1) is 0 Å². The van der Waals surface area contributed by atoms with Crippen LogP contribution in [0.3, 0.4) is 0 Å². The monoisotopic (exact) mass is 290 g/mol. The van der Waals surface area contributed by atoms with Crippen molar-refractivity contribution in [3.63, 3.8) is 0 Å². The van der Waals surface area contributed by atoms with E-state index < -0.39 is 0 Å². The fraction of sp³-hybridized carbons (Fsp3) is 0.684. The van der Waals surface area contributed by atoms with E-state index in [9.17, 15) is 0 Å². The van der Waals surface area contributed by atoms with Gasteiger partial charge < -0.3 is 10.2 Å². The van der Waals surface area contributed by atoms with Gasteiger partial charge in [-0.15, -0.1) is 0 Å². The van der Waals surface area contributed by atoms with Gasteiger partial charge in [-0.05, 0) is 62.9 Å². The zero-order chi connectivity index (χ0) is 15.7. The van der Waals surface area contributed by atoms with Crippen molar-refractivity contribution in [2.75, 3.05) is 18.0 Å². The highest BCUT2D eigenvalue weighted by molar-refractivity contribution is 5.51. The molecule has 0 bridgehead atoms. The van der Waals surface area contributed by atoms with Crippen LogP contribution < -0.4 is 10.2 Å². The minimum Gasteiger partial charge on any atom is -0.369 e. The van der Waals surface area contributed by atoms with Crippen molar-refractivity contribution >= 4 is 5.69 Å². The number of rotatable bonds is 10. The van der Waals surface area contributed by atoms with E-state index in [1.807, 2.05) is 0 Å². The molecule has 1 N–H and O–H groups in total. The molecule has 21 heavy (non-hydrogen) atoms. The third-order valence-electron chi connectivity index (χ3n) is 4.28. The van der Waals surface area contributed by atoms with Gasteiger partial charge in [-0.25, -0.2) is 0 Å². The lowest BCUT2D eigenvalue weighted by atomic mass is 10.1. The van der Waals surface area contributed by atoms with Gasteiger partial charge in [-0.2, -0.15) is 0 Å². The SMILES string of the molecule is CCCCN(c1ccc(CNCCC)c(C)c1)C(C)CC. The highest BCUT2D eigenvalue weighted by atomic mass is 15.2. The Morgan fingerprint density at radius 1 is 1.14 bits per heavy atom. The normalized spacial score (nSPS) is 12.4. The van der Waals surface area contributed by atoms with Crippen LogP contribution in [0.2, 0.25) is 0 Å². The second-order valence-electron chi connectivity index (χ2n) is 6.09. The zero-order valence-electron chi connectivity index (χ0n) is 14.7. The maximum atomic E-state index is 3.50. The molecular formula is C19H34N2. The third kappa shape index (κ3) is 5.70. The highest BCUT2D eigenvalue weighted by Crippen LogP contribution is 2.23. The second kappa shape index (κ2) is 9.83. The minimum atomic E-state index is 0.611. The summed E-state index contributed by atoms with van der Waals surface area (Å²) in [4.78, 5) is 2.57. The molecule has 0 aliphatic heterocycles.